The molecule has 2 aliphatic rings. The topological polar surface area (TPSA) is 86.6 Å². The number of fused-ring (bicyclic) bond motifs is 3. The quantitative estimate of drug-likeness (QED) is 0.621. The number of aromatic nitrogens is 2. The molecule has 1 fully saturated rings. The minimum atomic E-state index is -0.885. The number of carbonyl (C=O) groups excluding carboxylic acids is 1. The number of carbonyl (C=O) groups is 1. The molecule has 0 radical (unpaired) electrons. The van der Waals surface area contributed by atoms with Crippen LogP contribution in [-0.2, 0) is 17.6 Å². The van der Waals surface area contributed by atoms with E-state index < -0.39 is 12.2 Å². The highest BCUT2D eigenvalue weighted by atomic mass is 35.5. The Balaban J connectivity index is 1.68. The lowest BCUT2D eigenvalue weighted by molar-refractivity contribution is -0.120. The predicted molar refractivity (Wildman–Crippen MR) is 86.5 cm³/mol. The van der Waals surface area contributed by atoms with Crippen molar-refractivity contribution in [1.82, 2.24) is 14.9 Å². The minimum absolute atomic E-state index is 0.125. The molecule has 8 heteroatoms. The predicted octanol–water partition coefficient (Wildman–Crippen LogP) is 1.01. The standard InChI is InChI=1S/C15H16ClN3O3S/c16-14-11-8-2-1-7(3-10(8)23-15(11)18-5-17-14)12-13(22)9(21)4-19(12)6-20/h5-7,9,12-13,21-22H,1-4H2/t7-,9+,12?,13-/m0/s1. The number of aliphatic hydroxyl groups excluding tert-OH is 2. The number of β-amino-alcohol motifs (C(OH)–C–C–N with tert-alkyl or cyclic N) is 1. The first-order valence-corrected chi connectivity index (χ1v) is 8.77. The molecule has 1 saturated heterocycles. The second-order valence-corrected chi connectivity index (χ2v) is 7.64. The molecule has 2 N–H and O–H groups in total. The van der Waals surface area contributed by atoms with E-state index in [2.05, 4.69) is 9.97 Å². The SMILES string of the molecule is O=CN1C[C@@H](O)[C@H](O)C1[C@H]1CCc2c(sc3ncnc(Cl)c23)C1. The lowest BCUT2D eigenvalue weighted by Crippen LogP contribution is -2.43. The Morgan fingerprint density at radius 1 is 1.39 bits per heavy atom. The Hall–Kier alpha value is -1.28. The van der Waals surface area contributed by atoms with Crippen molar-refractivity contribution in [2.24, 2.45) is 5.92 Å². The molecule has 4 atom stereocenters. The number of thiophene rings is 1. The van der Waals surface area contributed by atoms with Gasteiger partial charge in [-0.1, -0.05) is 11.6 Å². The fourth-order valence-corrected chi connectivity index (χ4v) is 5.50. The second-order valence-electron chi connectivity index (χ2n) is 6.20. The summed E-state index contributed by atoms with van der Waals surface area (Å²) in [6, 6.07) is -0.331. The lowest BCUT2D eigenvalue weighted by Gasteiger charge is -2.33. The van der Waals surface area contributed by atoms with E-state index in [1.807, 2.05) is 0 Å². The fourth-order valence-electron chi connectivity index (χ4n) is 3.92. The maximum atomic E-state index is 11.3. The van der Waals surface area contributed by atoms with Crippen LogP contribution in [-0.4, -0.2) is 56.3 Å². The maximum Gasteiger partial charge on any atom is 0.210 e. The zero-order valence-electron chi connectivity index (χ0n) is 12.2. The van der Waals surface area contributed by atoms with Gasteiger partial charge in [0.15, 0.2) is 0 Å². The molecule has 0 bridgehead atoms. The van der Waals surface area contributed by atoms with Crippen LogP contribution in [0.4, 0.5) is 0 Å². The third-order valence-corrected chi connectivity index (χ3v) is 6.43. The molecule has 2 aromatic rings. The molecule has 1 unspecified atom stereocenters. The number of likely N-dealkylation sites (tertiary alicyclic amines) is 1. The summed E-state index contributed by atoms with van der Waals surface area (Å²) in [5.74, 6) is 0.125. The van der Waals surface area contributed by atoms with Gasteiger partial charge in [0.25, 0.3) is 0 Å². The Bertz CT molecular complexity index is 768. The first-order chi connectivity index (χ1) is 11.1. The van der Waals surface area contributed by atoms with E-state index in [-0.39, 0.29) is 18.5 Å². The molecule has 23 heavy (non-hydrogen) atoms. The number of nitrogens with zero attached hydrogens (tertiary/aromatic N) is 3. The third kappa shape index (κ3) is 2.34. The first kappa shape index (κ1) is 15.3. The molecule has 1 amide bonds. The summed E-state index contributed by atoms with van der Waals surface area (Å²) < 4.78 is 0. The molecule has 2 aromatic heterocycles. The summed E-state index contributed by atoms with van der Waals surface area (Å²) >= 11 is 7.82. The molecule has 0 saturated carbocycles. The summed E-state index contributed by atoms with van der Waals surface area (Å²) in [6.45, 7) is 0.197. The first-order valence-electron chi connectivity index (χ1n) is 7.58. The van der Waals surface area contributed by atoms with Crippen LogP contribution in [0.5, 0.6) is 0 Å². The summed E-state index contributed by atoms with van der Waals surface area (Å²) in [5.41, 5.74) is 1.19. The van der Waals surface area contributed by atoms with Crippen LogP contribution in [0.1, 0.15) is 16.9 Å². The van der Waals surface area contributed by atoms with E-state index in [1.165, 1.54) is 21.7 Å². The van der Waals surface area contributed by atoms with E-state index in [0.717, 1.165) is 35.9 Å². The molecular formula is C15H16ClN3O3S. The van der Waals surface area contributed by atoms with Gasteiger partial charge in [0.2, 0.25) is 6.41 Å². The van der Waals surface area contributed by atoms with Gasteiger partial charge in [0.05, 0.1) is 17.5 Å². The van der Waals surface area contributed by atoms with Crippen molar-refractivity contribution in [3.63, 3.8) is 0 Å². The minimum Gasteiger partial charge on any atom is -0.388 e. The summed E-state index contributed by atoms with van der Waals surface area (Å²) in [7, 11) is 0. The van der Waals surface area contributed by atoms with E-state index in [9.17, 15) is 15.0 Å². The van der Waals surface area contributed by atoms with Gasteiger partial charge >= 0.3 is 0 Å². The second kappa shape index (κ2) is 5.66. The van der Waals surface area contributed by atoms with Crippen molar-refractivity contribution in [2.45, 2.75) is 37.5 Å². The highest BCUT2D eigenvalue weighted by Gasteiger charge is 2.44. The van der Waals surface area contributed by atoms with Crippen LogP contribution in [0.15, 0.2) is 6.33 Å². The average molecular weight is 354 g/mol. The molecule has 6 nitrogen and oxygen atoms in total. The Labute approximate surface area is 141 Å². The van der Waals surface area contributed by atoms with E-state index >= 15 is 0 Å². The molecule has 0 spiro atoms. The van der Waals surface area contributed by atoms with Gasteiger partial charge in [-0.15, -0.1) is 11.3 Å². The highest BCUT2D eigenvalue weighted by Crippen LogP contribution is 2.42. The van der Waals surface area contributed by atoms with Gasteiger partial charge < -0.3 is 15.1 Å². The molecule has 1 aliphatic carbocycles. The fraction of sp³-hybridized carbons (Fsp3) is 0.533. The summed E-state index contributed by atoms with van der Waals surface area (Å²) in [4.78, 5) is 23.2. The van der Waals surface area contributed by atoms with Crippen LogP contribution in [0.25, 0.3) is 10.2 Å². The Morgan fingerprint density at radius 3 is 3.00 bits per heavy atom. The van der Waals surface area contributed by atoms with Crippen LogP contribution < -0.4 is 0 Å². The number of hydrogen-bond donors (Lipinski definition) is 2. The van der Waals surface area contributed by atoms with Crippen molar-refractivity contribution >= 4 is 39.6 Å². The molecule has 3 heterocycles. The van der Waals surface area contributed by atoms with Crippen LogP contribution >= 0.6 is 22.9 Å². The maximum absolute atomic E-state index is 11.3. The smallest absolute Gasteiger partial charge is 0.210 e. The molecular weight excluding hydrogens is 338 g/mol. The van der Waals surface area contributed by atoms with E-state index in [4.69, 9.17) is 11.6 Å². The Morgan fingerprint density at radius 2 is 2.22 bits per heavy atom. The number of aryl methyl sites for hydroxylation is 1. The van der Waals surface area contributed by atoms with Crippen LogP contribution in [0.3, 0.4) is 0 Å². The van der Waals surface area contributed by atoms with Crippen molar-refractivity contribution in [3.8, 4) is 0 Å². The largest absolute Gasteiger partial charge is 0.388 e. The lowest BCUT2D eigenvalue weighted by atomic mass is 9.81. The normalized spacial score (nSPS) is 30.7. The van der Waals surface area contributed by atoms with Crippen molar-refractivity contribution in [2.75, 3.05) is 6.54 Å². The zero-order chi connectivity index (χ0) is 16.1. The van der Waals surface area contributed by atoms with Gasteiger partial charge in [-0.2, -0.15) is 0 Å². The summed E-state index contributed by atoms with van der Waals surface area (Å²) in [5, 5.41) is 21.5. The monoisotopic (exact) mass is 353 g/mol. The van der Waals surface area contributed by atoms with Gasteiger partial charge in [0, 0.05) is 11.4 Å². The molecule has 4 rings (SSSR count). The Kier molecular flexibility index (Phi) is 3.76. The van der Waals surface area contributed by atoms with Gasteiger partial charge in [-0.3, -0.25) is 4.79 Å². The van der Waals surface area contributed by atoms with E-state index in [1.54, 1.807) is 11.3 Å². The van der Waals surface area contributed by atoms with Gasteiger partial charge in [-0.25, -0.2) is 9.97 Å². The van der Waals surface area contributed by atoms with Crippen molar-refractivity contribution in [3.05, 3.63) is 21.9 Å². The molecule has 122 valence electrons. The van der Waals surface area contributed by atoms with Crippen molar-refractivity contribution < 1.29 is 15.0 Å². The highest BCUT2D eigenvalue weighted by molar-refractivity contribution is 7.19. The number of aliphatic hydroxyl groups is 2. The van der Waals surface area contributed by atoms with E-state index in [0.29, 0.717) is 5.15 Å². The number of hydrogen-bond acceptors (Lipinski definition) is 6. The summed E-state index contributed by atoms with van der Waals surface area (Å²) in [6.07, 6.45) is 2.86. The number of amides is 1. The van der Waals surface area contributed by atoms with Crippen LogP contribution in [0.2, 0.25) is 5.15 Å². The molecule has 1 aliphatic heterocycles. The van der Waals surface area contributed by atoms with Crippen LogP contribution in [0, 0.1) is 5.92 Å². The number of rotatable bonds is 2. The number of halogens is 1. The van der Waals surface area contributed by atoms with Crippen molar-refractivity contribution in [1.29, 1.82) is 0 Å². The third-order valence-electron chi connectivity index (χ3n) is 4.98. The van der Waals surface area contributed by atoms with Gasteiger partial charge in [-0.05, 0) is 30.7 Å². The molecule has 0 aromatic carbocycles. The zero-order valence-corrected chi connectivity index (χ0v) is 13.8. The average Bonchev–Trinajstić information content (AvgIpc) is 3.05. The van der Waals surface area contributed by atoms with Gasteiger partial charge in [0.1, 0.15) is 22.4 Å².